The number of carboxylic acid groups (broad SMARTS) is 1. The number of nitrogens with zero attached hydrogens (tertiary/aromatic N) is 1. The van der Waals surface area contributed by atoms with Gasteiger partial charge in [-0.25, -0.2) is 9.78 Å². The quantitative estimate of drug-likeness (QED) is 0.791. The summed E-state index contributed by atoms with van der Waals surface area (Å²) < 4.78 is 0. The number of aromatic nitrogens is 1. The molecule has 2 atom stereocenters. The van der Waals surface area contributed by atoms with E-state index < -0.39 is 5.97 Å². The minimum absolute atomic E-state index is 0.0728. The van der Waals surface area contributed by atoms with E-state index in [2.05, 4.69) is 10.3 Å². The van der Waals surface area contributed by atoms with Crippen molar-refractivity contribution in [2.75, 3.05) is 11.9 Å². The molecular formula is C13H17ClN2O3. The molecule has 19 heavy (non-hydrogen) atoms. The van der Waals surface area contributed by atoms with Gasteiger partial charge in [-0.1, -0.05) is 18.0 Å². The molecule has 1 fully saturated rings. The minimum Gasteiger partial charge on any atom is -0.478 e. The first kappa shape index (κ1) is 14.1. The Kier molecular flexibility index (Phi) is 4.61. The maximum absolute atomic E-state index is 10.8. The van der Waals surface area contributed by atoms with Gasteiger partial charge in [0.2, 0.25) is 0 Å². The molecule has 5 nitrogen and oxygen atoms in total. The summed E-state index contributed by atoms with van der Waals surface area (Å²) in [5.74, 6) is -0.149. The number of hydrogen-bond acceptors (Lipinski definition) is 4. The third kappa shape index (κ3) is 3.81. The van der Waals surface area contributed by atoms with E-state index in [1.807, 2.05) is 0 Å². The highest BCUT2D eigenvalue weighted by Gasteiger charge is 2.20. The van der Waals surface area contributed by atoms with Crippen molar-refractivity contribution in [2.45, 2.75) is 31.8 Å². The third-order valence-corrected chi connectivity index (χ3v) is 3.69. The largest absolute Gasteiger partial charge is 0.478 e. The van der Waals surface area contributed by atoms with Gasteiger partial charge in [0, 0.05) is 12.7 Å². The van der Waals surface area contributed by atoms with Gasteiger partial charge in [-0.15, -0.1) is 0 Å². The normalized spacial score (nSPS) is 23.1. The summed E-state index contributed by atoms with van der Waals surface area (Å²) in [5, 5.41) is 21.8. The van der Waals surface area contributed by atoms with Crippen LogP contribution in [0.5, 0.6) is 0 Å². The van der Waals surface area contributed by atoms with Gasteiger partial charge in [0.1, 0.15) is 5.82 Å². The fourth-order valence-corrected chi connectivity index (χ4v) is 2.61. The van der Waals surface area contributed by atoms with E-state index in [4.69, 9.17) is 16.7 Å². The highest BCUT2D eigenvalue weighted by molar-refractivity contribution is 6.33. The predicted molar refractivity (Wildman–Crippen MR) is 72.7 cm³/mol. The summed E-state index contributed by atoms with van der Waals surface area (Å²) in [7, 11) is 0. The van der Waals surface area contributed by atoms with Crippen molar-refractivity contribution in [2.24, 2.45) is 5.92 Å². The summed E-state index contributed by atoms with van der Waals surface area (Å²) in [6.45, 7) is 0.691. The Bertz CT molecular complexity index is 467. The zero-order valence-electron chi connectivity index (χ0n) is 10.5. The first-order valence-corrected chi connectivity index (χ1v) is 6.75. The van der Waals surface area contributed by atoms with Gasteiger partial charge < -0.3 is 15.5 Å². The Morgan fingerprint density at radius 3 is 2.95 bits per heavy atom. The number of halogens is 1. The van der Waals surface area contributed by atoms with Crippen LogP contribution in [0.3, 0.4) is 0 Å². The third-order valence-electron chi connectivity index (χ3n) is 3.40. The number of pyridine rings is 1. The minimum atomic E-state index is -1.05. The Labute approximate surface area is 116 Å². The van der Waals surface area contributed by atoms with Gasteiger partial charge in [-0.2, -0.15) is 0 Å². The summed E-state index contributed by atoms with van der Waals surface area (Å²) in [6, 6.07) is 1.38. The lowest BCUT2D eigenvalue weighted by Gasteiger charge is -2.26. The molecule has 0 aliphatic heterocycles. The van der Waals surface area contributed by atoms with Crippen LogP contribution >= 0.6 is 11.6 Å². The zero-order chi connectivity index (χ0) is 13.8. The van der Waals surface area contributed by atoms with Crippen LogP contribution in [0.4, 0.5) is 5.82 Å². The average Bonchev–Trinajstić information content (AvgIpc) is 2.37. The number of aliphatic hydroxyl groups excluding tert-OH is 1. The molecule has 2 unspecified atom stereocenters. The molecule has 0 radical (unpaired) electrons. The van der Waals surface area contributed by atoms with Crippen LogP contribution in [-0.4, -0.2) is 33.8 Å². The second-order valence-electron chi connectivity index (χ2n) is 4.93. The standard InChI is InChI=1S/C13H17ClN2O3/c14-11-5-9(13(18)19)7-16-12(11)15-6-8-2-1-3-10(17)4-8/h5,7-8,10,17H,1-4,6H2,(H,15,16)(H,18,19). The summed E-state index contributed by atoms with van der Waals surface area (Å²) in [4.78, 5) is 14.8. The smallest absolute Gasteiger partial charge is 0.337 e. The zero-order valence-corrected chi connectivity index (χ0v) is 11.2. The predicted octanol–water partition coefficient (Wildman–Crippen LogP) is 2.40. The molecule has 1 aliphatic rings. The Morgan fingerprint density at radius 1 is 1.53 bits per heavy atom. The van der Waals surface area contributed by atoms with Crippen molar-refractivity contribution in [3.05, 3.63) is 22.8 Å². The molecule has 3 N–H and O–H groups in total. The molecule has 0 aromatic carbocycles. The monoisotopic (exact) mass is 284 g/mol. The lowest BCUT2D eigenvalue weighted by atomic mass is 9.87. The number of aromatic carboxylic acids is 1. The molecule has 2 rings (SSSR count). The maximum atomic E-state index is 10.8. The van der Waals surface area contributed by atoms with Crippen LogP contribution in [0.1, 0.15) is 36.0 Å². The number of aliphatic hydroxyl groups is 1. The van der Waals surface area contributed by atoms with Crippen molar-refractivity contribution in [3.8, 4) is 0 Å². The van der Waals surface area contributed by atoms with Gasteiger partial charge in [-0.05, 0) is 31.2 Å². The number of hydrogen-bond donors (Lipinski definition) is 3. The lowest BCUT2D eigenvalue weighted by molar-refractivity contribution is 0.0696. The van der Waals surface area contributed by atoms with Gasteiger partial charge >= 0.3 is 5.97 Å². The van der Waals surface area contributed by atoms with Crippen molar-refractivity contribution >= 4 is 23.4 Å². The van der Waals surface area contributed by atoms with Crippen molar-refractivity contribution in [3.63, 3.8) is 0 Å². The highest BCUT2D eigenvalue weighted by atomic mass is 35.5. The van der Waals surface area contributed by atoms with Crippen LogP contribution in [0.15, 0.2) is 12.3 Å². The van der Waals surface area contributed by atoms with E-state index in [1.54, 1.807) is 0 Å². The van der Waals surface area contributed by atoms with E-state index in [0.29, 0.717) is 23.3 Å². The molecule has 1 aromatic rings. The Balaban J connectivity index is 1.94. The molecule has 6 heteroatoms. The van der Waals surface area contributed by atoms with Crippen molar-refractivity contribution in [1.82, 2.24) is 4.98 Å². The number of anilines is 1. The van der Waals surface area contributed by atoms with Crippen LogP contribution in [0, 0.1) is 5.92 Å². The summed E-state index contributed by atoms with van der Waals surface area (Å²) >= 11 is 5.98. The molecule has 1 heterocycles. The Hall–Kier alpha value is -1.33. The number of rotatable bonds is 4. The maximum Gasteiger partial charge on any atom is 0.337 e. The molecular weight excluding hydrogens is 268 g/mol. The van der Waals surface area contributed by atoms with E-state index in [9.17, 15) is 9.90 Å². The van der Waals surface area contributed by atoms with Crippen LogP contribution < -0.4 is 5.32 Å². The van der Waals surface area contributed by atoms with E-state index in [-0.39, 0.29) is 11.7 Å². The SMILES string of the molecule is O=C(O)c1cnc(NCC2CCCC(O)C2)c(Cl)c1. The molecule has 104 valence electrons. The highest BCUT2D eigenvalue weighted by Crippen LogP contribution is 2.26. The van der Waals surface area contributed by atoms with E-state index in [1.165, 1.54) is 12.3 Å². The number of carbonyl (C=O) groups is 1. The van der Waals surface area contributed by atoms with Crippen LogP contribution in [-0.2, 0) is 0 Å². The number of carboxylic acids is 1. The molecule has 0 bridgehead atoms. The topological polar surface area (TPSA) is 82.5 Å². The fourth-order valence-electron chi connectivity index (χ4n) is 2.37. The van der Waals surface area contributed by atoms with Gasteiger partial charge in [-0.3, -0.25) is 0 Å². The Morgan fingerprint density at radius 2 is 2.32 bits per heavy atom. The lowest BCUT2D eigenvalue weighted by Crippen LogP contribution is -2.25. The van der Waals surface area contributed by atoms with E-state index >= 15 is 0 Å². The molecule has 0 spiro atoms. The second kappa shape index (κ2) is 6.21. The fraction of sp³-hybridized carbons (Fsp3) is 0.538. The van der Waals surface area contributed by atoms with Crippen LogP contribution in [0.25, 0.3) is 0 Å². The van der Waals surface area contributed by atoms with Crippen molar-refractivity contribution in [1.29, 1.82) is 0 Å². The van der Waals surface area contributed by atoms with Gasteiger partial charge in [0.25, 0.3) is 0 Å². The summed E-state index contributed by atoms with van der Waals surface area (Å²) in [5.41, 5.74) is 0.0728. The summed E-state index contributed by atoms with van der Waals surface area (Å²) in [6.07, 6.45) is 4.85. The van der Waals surface area contributed by atoms with Gasteiger partial charge in [0.15, 0.2) is 0 Å². The second-order valence-corrected chi connectivity index (χ2v) is 5.33. The van der Waals surface area contributed by atoms with Crippen LogP contribution in [0.2, 0.25) is 5.02 Å². The molecule has 1 aromatic heterocycles. The first-order valence-electron chi connectivity index (χ1n) is 6.37. The van der Waals surface area contributed by atoms with E-state index in [0.717, 1.165) is 25.7 Å². The van der Waals surface area contributed by atoms with Gasteiger partial charge in [0.05, 0.1) is 16.7 Å². The molecule has 0 saturated heterocycles. The molecule has 1 aliphatic carbocycles. The molecule has 1 saturated carbocycles. The van der Waals surface area contributed by atoms with Crippen molar-refractivity contribution < 1.29 is 15.0 Å². The average molecular weight is 285 g/mol. The number of nitrogens with one attached hydrogen (secondary N) is 1. The molecule has 0 amide bonds. The first-order chi connectivity index (χ1) is 9.06.